The Kier molecular flexibility index (Phi) is 6.83. The lowest BCUT2D eigenvalue weighted by atomic mass is 10.2. The Balaban J connectivity index is 1.48. The number of sulfonamides is 1. The number of benzene rings is 1. The molecule has 2 aromatic heterocycles. The maximum atomic E-state index is 12.2. The highest BCUT2D eigenvalue weighted by Crippen LogP contribution is 2.24. The molecule has 0 unspecified atom stereocenters. The minimum atomic E-state index is -3.43. The van der Waals surface area contributed by atoms with Gasteiger partial charge < -0.3 is 0 Å². The molecular formula is C18H17Cl2N3O2S2. The van der Waals surface area contributed by atoms with Crippen molar-refractivity contribution in [1.29, 1.82) is 0 Å². The van der Waals surface area contributed by atoms with Gasteiger partial charge in [0.05, 0.1) is 26.5 Å². The van der Waals surface area contributed by atoms with Crippen LogP contribution in [0.4, 0.5) is 0 Å². The van der Waals surface area contributed by atoms with Crippen molar-refractivity contribution in [2.45, 2.75) is 18.6 Å². The Bertz CT molecular complexity index is 1010. The van der Waals surface area contributed by atoms with Crippen molar-refractivity contribution in [1.82, 2.24) is 14.7 Å². The van der Waals surface area contributed by atoms with Gasteiger partial charge in [-0.25, -0.2) is 18.1 Å². The third kappa shape index (κ3) is 5.99. The first-order valence-electron chi connectivity index (χ1n) is 8.19. The average molecular weight is 442 g/mol. The van der Waals surface area contributed by atoms with Gasteiger partial charge in [0.1, 0.15) is 0 Å². The highest BCUT2D eigenvalue weighted by Gasteiger charge is 2.12. The first-order chi connectivity index (χ1) is 12.9. The molecule has 3 aromatic rings. The number of nitrogens with one attached hydrogen (secondary N) is 1. The van der Waals surface area contributed by atoms with Crippen LogP contribution in [-0.2, 0) is 22.2 Å². The molecule has 0 fully saturated rings. The number of halogens is 2. The molecule has 3 rings (SSSR count). The van der Waals surface area contributed by atoms with E-state index in [4.69, 9.17) is 23.2 Å². The summed E-state index contributed by atoms with van der Waals surface area (Å²) in [6.07, 6.45) is 4.85. The van der Waals surface area contributed by atoms with Crippen molar-refractivity contribution >= 4 is 44.6 Å². The predicted molar refractivity (Wildman–Crippen MR) is 111 cm³/mol. The third-order valence-electron chi connectivity index (χ3n) is 3.76. The minimum absolute atomic E-state index is 0.132. The molecule has 2 heterocycles. The summed E-state index contributed by atoms with van der Waals surface area (Å²) in [5.74, 6) is -0.132. The highest BCUT2D eigenvalue weighted by molar-refractivity contribution is 7.88. The Morgan fingerprint density at radius 1 is 1.07 bits per heavy atom. The molecule has 1 aromatic carbocycles. The molecule has 0 bridgehead atoms. The van der Waals surface area contributed by atoms with Gasteiger partial charge >= 0.3 is 0 Å². The van der Waals surface area contributed by atoms with Crippen LogP contribution in [0.5, 0.6) is 0 Å². The van der Waals surface area contributed by atoms with E-state index in [2.05, 4.69) is 14.7 Å². The van der Waals surface area contributed by atoms with Crippen LogP contribution >= 0.6 is 34.5 Å². The number of aryl methyl sites for hydroxylation is 1. The Labute approximate surface area is 172 Å². The standard InChI is InChI=1S/C18H17Cl2N3O2S2/c19-15-4-3-13(10-16(15)20)12-27(24,25)22-7-1-2-18-23-17(11-26-18)14-5-8-21-9-6-14/h3-6,8-11,22H,1-2,7,12H2. The summed E-state index contributed by atoms with van der Waals surface area (Å²) in [7, 11) is -3.43. The van der Waals surface area contributed by atoms with Gasteiger partial charge in [0.15, 0.2) is 0 Å². The first-order valence-corrected chi connectivity index (χ1v) is 11.5. The first kappa shape index (κ1) is 20.2. The highest BCUT2D eigenvalue weighted by atomic mass is 35.5. The second-order valence-electron chi connectivity index (χ2n) is 5.87. The zero-order chi connectivity index (χ0) is 19.3. The molecule has 27 heavy (non-hydrogen) atoms. The van der Waals surface area contributed by atoms with Gasteiger partial charge in [-0.05, 0) is 36.2 Å². The fourth-order valence-corrected chi connectivity index (χ4v) is 4.79. The average Bonchev–Trinajstić information content (AvgIpc) is 3.11. The molecule has 0 atom stereocenters. The minimum Gasteiger partial charge on any atom is -0.265 e. The van der Waals surface area contributed by atoms with Gasteiger partial charge in [-0.15, -0.1) is 11.3 Å². The SMILES string of the molecule is O=S(=O)(Cc1ccc(Cl)c(Cl)c1)NCCCc1nc(-c2ccncc2)cs1. The van der Waals surface area contributed by atoms with E-state index in [1.54, 1.807) is 41.9 Å². The summed E-state index contributed by atoms with van der Waals surface area (Å²) < 4.78 is 27.0. The van der Waals surface area contributed by atoms with E-state index in [0.717, 1.165) is 16.3 Å². The Hall–Kier alpha value is -1.51. The summed E-state index contributed by atoms with van der Waals surface area (Å²) in [4.78, 5) is 8.58. The fourth-order valence-electron chi connectivity index (χ4n) is 2.45. The molecule has 0 aliphatic carbocycles. The summed E-state index contributed by atoms with van der Waals surface area (Å²) >= 11 is 13.3. The number of aromatic nitrogens is 2. The van der Waals surface area contributed by atoms with E-state index in [0.29, 0.717) is 35.0 Å². The van der Waals surface area contributed by atoms with Gasteiger partial charge in [0.25, 0.3) is 0 Å². The Morgan fingerprint density at radius 2 is 1.85 bits per heavy atom. The van der Waals surface area contributed by atoms with Gasteiger partial charge in [-0.1, -0.05) is 29.3 Å². The van der Waals surface area contributed by atoms with E-state index in [-0.39, 0.29) is 5.75 Å². The largest absolute Gasteiger partial charge is 0.265 e. The molecule has 142 valence electrons. The number of rotatable bonds is 8. The lowest BCUT2D eigenvalue weighted by molar-refractivity contribution is 0.578. The van der Waals surface area contributed by atoms with Crippen molar-refractivity contribution in [3.8, 4) is 11.3 Å². The van der Waals surface area contributed by atoms with E-state index in [1.807, 2.05) is 17.5 Å². The van der Waals surface area contributed by atoms with E-state index >= 15 is 0 Å². The quantitative estimate of drug-likeness (QED) is 0.519. The number of thiazole rings is 1. The fraction of sp³-hybridized carbons (Fsp3) is 0.222. The molecule has 0 spiro atoms. The van der Waals surface area contributed by atoms with Crippen molar-refractivity contribution < 1.29 is 8.42 Å². The summed E-state index contributed by atoms with van der Waals surface area (Å²) in [5.41, 5.74) is 2.53. The topological polar surface area (TPSA) is 72.0 Å². The van der Waals surface area contributed by atoms with Crippen LogP contribution in [-0.4, -0.2) is 24.9 Å². The zero-order valence-corrected chi connectivity index (χ0v) is 17.4. The summed E-state index contributed by atoms with van der Waals surface area (Å²) in [5, 5.41) is 3.73. The normalized spacial score (nSPS) is 11.6. The smallest absolute Gasteiger partial charge is 0.215 e. The Morgan fingerprint density at radius 3 is 2.59 bits per heavy atom. The van der Waals surface area contributed by atoms with Crippen LogP contribution in [0.2, 0.25) is 10.0 Å². The van der Waals surface area contributed by atoms with Crippen LogP contribution in [0.1, 0.15) is 17.0 Å². The van der Waals surface area contributed by atoms with Crippen LogP contribution in [0.3, 0.4) is 0 Å². The lowest BCUT2D eigenvalue weighted by Crippen LogP contribution is -2.26. The molecule has 5 nitrogen and oxygen atoms in total. The number of nitrogens with zero attached hydrogens (tertiary/aromatic N) is 2. The molecule has 1 N–H and O–H groups in total. The van der Waals surface area contributed by atoms with Gasteiger partial charge in [-0.3, -0.25) is 4.98 Å². The van der Waals surface area contributed by atoms with Crippen molar-refractivity contribution in [3.63, 3.8) is 0 Å². The molecule has 0 aliphatic rings. The number of pyridine rings is 1. The van der Waals surface area contributed by atoms with Crippen LogP contribution in [0.15, 0.2) is 48.1 Å². The van der Waals surface area contributed by atoms with E-state index in [9.17, 15) is 8.42 Å². The molecule has 0 saturated heterocycles. The zero-order valence-electron chi connectivity index (χ0n) is 14.2. The van der Waals surface area contributed by atoms with Gasteiger partial charge in [0.2, 0.25) is 10.0 Å². The number of hydrogen-bond acceptors (Lipinski definition) is 5. The maximum Gasteiger partial charge on any atom is 0.215 e. The number of hydrogen-bond donors (Lipinski definition) is 1. The second kappa shape index (κ2) is 9.12. The van der Waals surface area contributed by atoms with Crippen molar-refractivity contribution in [2.24, 2.45) is 0 Å². The predicted octanol–water partition coefficient (Wildman–Crippen LogP) is 4.56. The van der Waals surface area contributed by atoms with Crippen LogP contribution < -0.4 is 4.72 Å². The molecular weight excluding hydrogens is 425 g/mol. The lowest BCUT2D eigenvalue weighted by Gasteiger charge is -2.07. The van der Waals surface area contributed by atoms with Gasteiger partial charge in [-0.2, -0.15) is 0 Å². The summed E-state index contributed by atoms with van der Waals surface area (Å²) in [6, 6.07) is 8.65. The maximum absolute atomic E-state index is 12.2. The second-order valence-corrected chi connectivity index (χ2v) is 9.43. The molecule has 0 aliphatic heterocycles. The van der Waals surface area contributed by atoms with E-state index in [1.165, 1.54) is 0 Å². The monoisotopic (exact) mass is 441 g/mol. The third-order valence-corrected chi connectivity index (χ3v) is 6.76. The van der Waals surface area contributed by atoms with Crippen LogP contribution in [0, 0.1) is 0 Å². The molecule has 0 radical (unpaired) electrons. The molecule has 9 heteroatoms. The van der Waals surface area contributed by atoms with Crippen LogP contribution in [0.25, 0.3) is 11.3 Å². The molecule has 0 saturated carbocycles. The van der Waals surface area contributed by atoms with E-state index < -0.39 is 10.0 Å². The van der Waals surface area contributed by atoms with Crippen molar-refractivity contribution in [2.75, 3.05) is 6.54 Å². The van der Waals surface area contributed by atoms with Gasteiger partial charge in [0, 0.05) is 36.3 Å². The van der Waals surface area contributed by atoms with Crippen molar-refractivity contribution in [3.05, 3.63) is 68.7 Å². The molecule has 0 amide bonds. The summed E-state index contributed by atoms with van der Waals surface area (Å²) in [6.45, 7) is 0.355.